The first-order valence-electron chi connectivity index (χ1n) is 8.77. The fourth-order valence-corrected chi connectivity index (χ4v) is 3.80. The molecule has 2 aliphatic heterocycles. The molecule has 0 unspecified atom stereocenters. The standard InChI is InChI=1S/C18H24Cl2N2O3/c19-15-1-2-17(16(20)11-15)25-13-18(23)22-5-3-14(4-6-22)12-21-7-9-24-10-8-21/h1-2,11,14H,3-10,12-13H2. The third kappa shape index (κ3) is 5.48. The minimum absolute atomic E-state index is 0.00941. The van der Waals surface area contributed by atoms with E-state index in [-0.39, 0.29) is 12.5 Å². The fourth-order valence-electron chi connectivity index (χ4n) is 3.34. The van der Waals surface area contributed by atoms with Gasteiger partial charge in [-0.2, -0.15) is 0 Å². The summed E-state index contributed by atoms with van der Waals surface area (Å²) < 4.78 is 10.9. The number of benzene rings is 1. The van der Waals surface area contributed by atoms with Crippen LogP contribution >= 0.6 is 23.2 Å². The maximum Gasteiger partial charge on any atom is 0.260 e. The summed E-state index contributed by atoms with van der Waals surface area (Å²) >= 11 is 11.9. The molecule has 0 aliphatic carbocycles. The summed E-state index contributed by atoms with van der Waals surface area (Å²) in [4.78, 5) is 16.7. The summed E-state index contributed by atoms with van der Waals surface area (Å²) in [6.07, 6.45) is 2.09. The number of likely N-dealkylation sites (tertiary alicyclic amines) is 1. The van der Waals surface area contributed by atoms with E-state index in [1.54, 1.807) is 18.2 Å². The molecule has 0 radical (unpaired) electrons. The largest absolute Gasteiger partial charge is 0.482 e. The predicted molar refractivity (Wildman–Crippen MR) is 98.5 cm³/mol. The number of morpholine rings is 1. The summed E-state index contributed by atoms with van der Waals surface area (Å²) in [5.41, 5.74) is 0. The third-order valence-electron chi connectivity index (χ3n) is 4.83. The zero-order valence-electron chi connectivity index (χ0n) is 14.3. The Hall–Kier alpha value is -1.01. The highest BCUT2D eigenvalue weighted by molar-refractivity contribution is 6.35. The van der Waals surface area contributed by atoms with Crippen molar-refractivity contribution >= 4 is 29.1 Å². The van der Waals surface area contributed by atoms with Crippen molar-refractivity contribution in [2.75, 3.05) is 52.5 Å². The molecule has 0 bridgehead atoms. The van der Waals surface area contributed by atoms with Gasteiger partial charge < -0.3 is 14.4 Å². The SMILES string of the molecule is O=C(COc1ccc(Cl)cc1Cl)N1CCC(CN2CCOCC2)CC1. The fraction of sp³-hybridized carbons (Fsp3) is 0.611. The Bertz CT molecular complexity index is 586. The quantitative estimate of drug-likeness (QED) is 0.779. The van der Waals surface area contributed by atoms with Gasteiger partial charge in [-0.15, -0.1) is 0 Å². The molecule has 1 amide bonds. The predicted octanol–water partition coefficient (Wildman–Crippen LogP) is 2.94. The Morgan fingerprint density at radius 1 is 1.16 bits per heavy atom. The van der Waals surface area contributed by atoms with E-state index in [1.807, 2.05) is 4.90 Å². The highest BCUT2D eigenvalue weighted by Gasteiger charge is 2.25. The van der Waals surface area contributed by atoms with E-state index in [1.165, 1.54) is 0 Å². The number of ether oxygens (including phenoxy) is 2. The molecule has 2 aliphatic rings. The van der Waals surface area contributed by atoms with Gasteiger partial charge in [-0.3, -0.25) is 9.69 Å². The van der Waals surface area contributed by atoms with Gasteiger partial charge >= 0.3 is 0 Å². The zero-order valence-corrected chi connectivity index (χ0v) is 15.8. The lowest BCUT2D eigenvalue weighted by Gasteiger charge is -2.36. The van der Waals surface area contributed by atoms with E-state index in [0.29, 0.717) is 21.7 Å². The number of carbonyl (C=O) groups excluding carboxylic acids is 1. The van der Waals surface area contributed by atoms with Crippen molar-refractivity contribution in [2.24, 2.45) is 5.92 Å². The molecule has 2 heterocycles. The Labute approximate surface area is 158 Å². The van der Waals surface area contributed by atoms with E-state index in [0.717, 1.165) is 58.8 Å². The second-order valence-electron chi connectivity index (χ2n) is 6.60. The van der Waals surface area contributed by atoms with Crippen LogP contribution in [0, 0.1) is 5.92 Å². The molecule has 7 heteroatoms. The minimum atomic E-state index is 0.00941. The van der Waals surface area contributed by atoms with Gasteiger partial charge in [0.1, 0.15) is 5.75 Å². The summed E-state index contributed by atoms with van der Waals surface area (Å²) in [5, 5.41) is 0.968. The highest BCUT2D eigenvalue weighted by Crippen LogP contribution is 2.27. The normalized spacial score (nSPS) is 19.8. The van der Waals surface area contributed by atoms with Gasteiger partial charge in [-0.05, 0) is 37.0 Å². The van der Waals surface area contributed by atoms with E-state index < -0.39 is 0 Å². The molecule has 0 spiro atoms. The Morgan fingerprint density at radius 2 is 1.88 bits per heavy atom. The summed E-state index contributed by atoms with van der Waals surface area (Å²) in [6, 6.07) is 5.00. The monoisotopic (exact) mass is 386 g/mol. The van der Waals surface area contributed by atoms with Crippen molar-refractivity contribution in [3.05, 3.63) is 28.2 Å². The lowest BCUT2D eigenvalue weighted by atomic mass is 9.96. The molecule has 25 heavy (non-hydrogen) atoms. The number of amides is 1. The Kier molecular flexibility index (Phi) is 6.82. The van der Waals surface area contributed by atoms with E-state index in [4.69, 9.17) is 32.7 Å². The molecule has 2 saturated heterocycles. The van der Waals surface area contributed by atoms with Crippen molar-refractivity contribution in [3.8, 4) is 5.75 Å². The second kappa shape index (κ2) is 9.08. The van der Waals surface area contributed by atoms with E-state index in [9.17, 15) is 4.79 Å². The van der Waals surface area contributed by atoms with Gasteiger partial charge in [0.25, 0.3) is 5.91 Å². The zero-order chi connectivity index (χ0) is 17.6. The van der Waals surface area contributed by atoms with Gasteiger partial charge in [0, 0.05) is 37.7 Å². The molecule has 0 saturated carbocycles. The van der Waals surface area contributed by atoms with Crippen LogP contribution in [0.15, 0.2) is 18.2 Å². The maximum absolute atomic E-state index is 12.4. The number of rotatable bonds is 5. The van der Waals surface area contributed by atoms with Crippen LogP contribution in [-0.2, 0) is 9.53 Å². The van der Waals surface area contributed by atoms with Gasteiger partial charge in [0.2, 0.25) is 0 Å². The smallest absolute Gasteiger partial charge is 0.260 e. The van der Waals surface area contributed by atoms with Crippen molar-refractivity contribution in [3.63, 3.8) is 0 Å². The minimum Gasteiger partial charge on any atom is -0.482 e. The number of piperidine rings is 1. The first-order chi connectivity index (χ1) is 12.1. The van der Waals surface area contributed by atoms with Crippen LogP contribution in [0.3, 0.4) is 0 Å². The topological polar surface area (TPSA) is 42.0 Å². The molecular weight excluding hydrogens is 363 g/mol. The molecule has 0 N–H and O–H groups in total. The van der Waals surface area contributed by atoms with Crippen molar-refractivity contribution in [1.29, 1.82) is 0 Å². The lowest BCUT2D eigenvalue weighted by Crippen LogP contribution is -2.45. The lowest BCUT2D eigenvalue weighted by molar-refractivity contribution is -0.134. The van der Waals surface area contributed by atoms with Gasteiger partial charge in [0.15, 0.2) is 6.61 Å². The number of hydrogen-bond acceptors (Lipinski definition) is 4. The molecule has 1 aromatic carbocycles. The van der Waals surface area contributed by atoms with E-state index >= 15 is 0 Å². The van der Waals surface area contributed by atoms with Crippen LogP contribution in [0.25, 0.3) is 0 Å². The van der Waals surface area contributed by atoms with Gasteiger partial charge in [-0.25, -0.2) is 0 Å². The number of carbonyl (C=O) groups is 1. The van der Waals surface area contributed by atoms with Gasteiger partial charge in [0.05, 0.1) is 18.2 Å². The molecule has 0 atom stereocenters. The van der Waals surface area contributed by atoms with Crippen LogP contribution in [0.1, 0.15) is 12.8 Å². The maximum atomic E-state index is 12.4. The van der Waals surface area contributed by atoms with Gasteiger partial charge in [-0.1, -0.05) is 23.2 Å². The summed E-state index contributed by atoms with van der Waals surface area (Å²) in [7, 11) is 0. The van der Waals surface area contributed by atoms with Crippen molar-refractivity contribution in [2.45, 2.75) is 12.8 Å². The van der Waals surface area contributed by atoms with Crippen molar-refractivity contribution in [1.82, 2.24) is 9.80 Å². The highest BCUT2D eigenvalue weighted by atomic mass is 35.5. The molecular formula is C18H24Cl2N2O3. The molecule has 2 fully saturated rings. The van der Waals surface area contributed by atoms with Crippen LogP contribution in [-0.4, -0.2) is 68.3 Å². The van der Waals surface area contributed by atoms with Crippen LogP contribution in [0.4, 0.5) is 0 Å². The van der Waals surface area contributed by atoms with Crippen LogP contribution in [0.2, 0.25) is 10.0 Å². The molecule has 1 aromatic rings. The molecule has 138 valence electrons. The summed E-state index contributed by atoms with van der Waals surface area (Å²) in [5.74, 6) is 1.16. The summed E-state index contributed by atoms with van der Waals surface area (Å²) in [6.45, 7) is 6.43. The number of nitrogens with zero attached hydrogens (tertiary/aromatic N) is 2. The Morgan fingerprint density at radius 3 is 2.56 bits per heavy atom. The van der Waals surface area contributed by atoms with Crippen molar-refractivity contribution < 1.29 is 14.3 Å². The Balaban J connectivity index is 1.40. The third-order valence-corrected chi connectivity index (χ3v) is 5.36. The number of halogens is 2. The second-order valence-corrected chi connectivity index (χ2v) is 7.44. The molecule has 0 aromatic heterocycles. The number of hydrogen-bond donors (Lipinski definition) is 0. The molecule has 3 rings (SSSR count). The first kappa shape index (κ1) is 18.8. The first-order valence-corrected chi connectivity index (χ1v) is 9.53. The van der Waals surface area contributed by atoms with Crippen LogP contribution in [0.5, 0.6) is 5.75 Å². The van der Waals surface area contributed by atoms with E-state index in [2.05, 4.69) is 4.90 Å². The molecule has 5 nitrogen and oxygen atoms in total. The average molecular weight is 387 g/mol. The van der Waals surface area contributed by atoms with Crippen LogP contribution < -0.4 is 4.74 Å². The average Bonchev–Trinajstić information content (AvgIpc) is 2.62.